The van der Waals surface area contributed by atoms with Crippen LogP contribution >= 0.6 is 0 Å². The monoisotopic (exact) mass is 151 g/mol. The van der Waals surface area contributed by atoms with Gasteiger partial charge in [0.15, 0.2) is 0 Å². The first-order valence-electron chi connectivity index (χ1n) is 4.31. The molecule has 1 heterocycles. The van der Waals surface area contributed by atoms with Crippen LogP contribution in [-0.2, 0) is 0 Å². The topological polar surface area (TPSA) is 4.93 Å². The van der Waals surface area contributed by atoms with Crippen LogP contribution in [0.1, 0.15) is 37.7 Å². The molecular formula is C10H17N. The van der Waals surface area contributed by atoms with E-state index in [0.717, 1.165) is 0 Å². The van der Waals surface area contributed by atoms with Crippen LogP contribution in [0.2, 0.25) is 0 Å². The van der Waals surface area contributed by atoms with Crippen molar-refractivity contribution in [3.63, 3.8) is 0 Å². The minimum atomic E-state index is 0.644. The molecule has 1 heteroatoms. The lowest BCUT2D eigenvalue weighted by atomic mass is 10.2. The van der Waals surface area contributed by atoms with Crippen molar-refractivity contribution < 1.29 is 0 Å². The molecule has 0 radical (unpaired) electrons. The Bertz CT molecular complexity index is 216. The van der Waals surface area contributed by atoms with E-state index in [9.17, 15) is 0 Å². The molecular weight excluding hydrogens is 134 g/mol. The molecule has 0 aliphatic heterocycles. The Kier molecular flexibility index (Phi) is 2.38. The van der Waals surface area contributed by atoms with E-state index in [2.05, 4.69) is 44.4 Å². The molecule has 0 saturated carbocycles. The van der Waals surface area contributed by atoms with Gasteiger partial charge in [0, 0.05) is 17.4 Å². The summed E-state index contributed by atoms with van der Waals surface area (Å²) < 4.78 is 2.39. The summed E-state index contributed by atoms with van der Waals surface area (Å²) in [5, 5.41) is 0. The maximum Gasteiger partial charge on any atom is 0.0304 e. The molecule has 0 spiro atoms. The lowest BCUT2D eigenvalue weighted by molar-refractivity contribution is 0.512. The van der Waals surface area contributed by atoms with Crippen molar-refractivity contribution in [3.05, 3.63) is 23.5 Å². The van der Waals surface area contributed by atoms with Crippen molar-refractivity contribution in [2.75, 3.05) is 0 Å². The Hall–Kier alpha value is -0.720. The molecule has 0 aliphatic carbocycles. The molecule has 1 aromatic rings. The van der Waals surface area contributed by atoms with Crippen molar-refractivity contribution in [3.8, 4) is 0 Å². The Labute approximate surface area is 69.0 Å². The van der Waals surface area contributed by atoms with Crippen molar-refractivity contribution in [2.24, 2.45) is 0 Å². The quantitative estimate of drug-likeness (QED) is 0.612. The van der Waals surface area contributed by atoms with E-state index in [4.69, 9.17) is 0 Å². The van der Waals surface area contributed by atoms with Gasteiger partial charge in [0.05, 0.1) is 0 Å². The molecule has 1 nitrogen and oxygen atoms in total. The predicted octanol–water partition coefficient (Wildman–Crippen LogP) is 3.08. The van der Waals surface area contributed by atoms with Crippen LogP contribution in [0.4, 0.5) is 0 Å². The third kappa shape index (κ3) is 1.47. The highest BCUT2D eigenvalue weighted by molar-refractivity contribution is 5.14. The fourth-order valence-electron chi connectivity index (χ4n) is 1.56. The van der Waals surface area contributed by atoms with Crippen molar-refractivity contribution in [1.82, 2.24) is 4.57 Å². The molecule has 0 N–H and O–H groups in total. The van der Waals surface area contributed by atoms with Crippen LogP contribution in [0.3, 0.4) is 0 Å². The third-order valence-corrected chi connectivity index (χ3v) is 2.36. The SMILES string of the molecule is CCC(C)n1c(C)ccc1C. The summed E-state index contributed by atoms with van der Waals surface area (Å²) in [6.07, 6.45) is 1.20. The van der Waals surface area contributed by atoms with Crippen molar-refractivity contribution in [2.45, 2.75) is 40.2 Å². The zero-order valence-electron chi connectivity index (χ0n) is 7.89. The van der Waals surface area contributed by atoms with Crippen LogP contribution in [0.25, 0.3) is 0 Å². The molecule has 1 aromatic heterocycles. The Morgan fingerprint density at radius 2 is 1.73 bits per heavy atom. The minimum Gasteiger partial charge on any atom is -0.346 e. The molecule has 0 bridgehead atoms. The minimum absolute atomic E-state index is 0.644. The largest absolute Gasteiger partial charge is 0.346 e. The summed E-state index contributed by atoms with van der Waals surface area (Å²) in [6, 6.07) is 5.01. The normalized spacial score (nSPS) is 13.5. The average molecular weight is 151 g/mol. The fourth-order valence-corrected chi connectivity index (χ4v) is 1.56. The standard InChI is InChI=1S/C10H17N/c1-5-8(2)11-9(3)6-7-10(11)4/h6-8H,5H2,1-4H3. The van der Waals surface area contributed by atoms with Crippen molar-refractivity contribution >= 4 is 0 Å². The molecule has 11 heavy (non-hydrogen) atoms. The van der Waals surface area contributed by atoms with Gasteiger partial charge in [0.25, 0.3) is 0 Å². The van der Waals surface area contributed by atoms with Crippen molar-refractivity contribution in [1.29, 1.82) is 0 Å². The lowest BCUT2D eigenvalue weighted by Crippen LogP contribution is -2.06. The van der Waals surface area contributed by atoms with Crippen LogP contribution in [0, 0.1) is 13.8 Å². The number of hydrogen-bond donors (Lipinski definition) is 0. The van der Waals surface area contributed by atoms with E-state index in [-0.39, 0.29) is 0 Å². The van der Waals surface area contributed by atoms with Gasteiger partial charge in [-0.1, -0.05) is 6.92 Å². The average Bonchev–Trinajstić information content (AvgIpc) is 2.30. The first kappa shape index (κ1) is 8.38. The zero-order chi connectivity index (χ0) is 8.43. The molecule has 1 atom stereocenters. The fraction of sp³-hybridized carbons (Fsp3) is 0.600. The van der Waals surface area contributed by atoms with E-state index < -0.39 is 0 Å². The molecule has 0 aliphatic rings. The maximum absolute atomic E-state index is 2.39. The molecule has 0 fully saturated rings. The van der Waals surface area contributed by atoms with E-state index in [1.54, 1.807) is 0 Å². The molecule has 0 aromatic carbocycles. The van der Waals surface area contributed by atoms with Crippen LogP contribution in [-0.4, -0.2) is 4.57 Å². The summed E-state index contributed by atoms with van der Waals surface area (Å²) in [5.41, 5.74) is 2.74. The summed E-state index contributed by atoms with van der Waals surface area (Å²) in [4.78, 5) is 0. The second-order valence-electron chi connectivity index (χ2n) is 3.24. The highest BCUT2D eigenvalue weighted by Gasteiger charge is 2.05. The molecule has 1 unspecified atom stereocenters. The van der Waals surface area contributed by atoms with Gasteiger partial charge in [-0.05, 0) is 39.3 Å². The molecule has 0 amide bonds. The molecule has 1 rings (SSSR count). The van der Waals surface area contributed by atoms with E-state index in [1.165, 1.54) is 17.8 Å². The Morgan fingerprint density at radius 1 is 1.27 bits per heavy atom. The van der Waals surface area contributed by atoms with E-state index in [0.29, 0.717) is 6.04 Å². The highest BCUT2D eigenvalue weighted by Crippen LogP contribution is 2.17. The van der Waals surface area contributed by atoms with E-state index >= 15 is 0 Å². The maximum atomic E-state index is 2.39. The number of aromatic nitrogens is 1. The van der Waals surface area contributed by atoms with Gasteiger partial charge in [0.2, 0.25) is 0 Å². The smallest absolute Gasteiger partial charge is 0.0304 e. The lowest BCUT2D eigenvalue weighted by Gasteiger charge is -2.15. The van der Waals surface area contributed by atoms with E-state index in [1.807, 2.05) is 0 Å². The van der Waals surface area contributed by atoms with Gasteiger partial charge in [-0.25, -0.2) is 0 Å². The Morgan fingerprint density at radius 3 is 2.09 bits per heavy atom. The van der Waals surface area contributed by atoms with Crippen LogP contribution in [0.15, 0.2) is 12.1 Å². The van der Waals surface area contributed by atoms with Gasteiger partial charge >= 0.3 is 0 Å². The first-order valence-corrected chi connectivity index (χ1v) is 4.31. The number of hydrogen-bond acceptors (Lipinski definition) is 0. The van der Waals surface area contributed by atoms with Gasteiger partial charge in [0.1, 0.15) is 0 Å². The van der Waals surface area contributed by atoms with Crippen LogP contribution in [0.5, 0.6) is 0 Å². The number of nitrogens with zero attached hydrogens (tertiary/aromatic N) is 1. The second kappa shape index (κ2) is 3.12. The summed E-state index contributed by atoms with van der Waals surface area (Å²) in [7, 11) is 0. The molecule has 0 saturated heterocycles. The number of rotatable bonds is 2. The van der Waals surface area contributed by atoms with Gasteiger partial charge in [-0.2, -0.15) is 0 Å². The van der Waals surface area contributed by atoms with Gasteiger partial charge in [-0.3, -0.25) is 0 Å². The Balaban J connectivity index is 3.00. The summed E-state index contributed by atoms with van der Waals surface area (Å²) in [6.45, 7) is 8.82. The highest BCUT2D eigenvalue weighted by atomic mass is 15.0. The summed E-state index contributed by atoms with van der Waals surface area (Å²) >= 11 is 0. The molecule has 62 valence electrons. The number of aryl methyl sites for hydroxylation is 2. The van der Waals surface area contributed by atoms with Gasteiger partial charge < -0.3 is 4.57 Å². The third-order valence-electron chi connectivity index (χ3n) is 2.36. The first-order chi connectivity index (χ1) is 5.16. The summed E-state index contributed by atoms with van der Waals surface area (Å²) in [5.74, 6) is 0. The second-order valence-corrected chi connectivity index (χ2v) is 3.24. The predicted molar refractivity (Wildman–Crippen MR) is 48.9 cm³/mol. The van der Waals surface area contributed by atoms with Gasteiger partial charge in [-0.15, -0.1) is 0 Å². The van der Waals surface area contributed by atoms with Crippen LogP contribution < -0.4 is 0 Å². The zero-order valence-corrected chi connectivity index (χ0v) is 7.89.